The number of aromatic nitrogens is 6. The number of hydrogen-bond acceptors (Lipinski definition) is 10. The van der Waals surface area contributed by atoms with Crippen molar-refractivity contribution in [2.45, 2.75) is 51.6 Å². The number of nitrogens with one attached hydrogen (secondary N) is 1. The molecule has 5 heterocycles. The Morgan fingerprint density at radius 3 is 1.30 bits per heavy atom. The number of nitrogens with two attached hydrogens (primary N) is 3. The largest absolute Gasteiger partial charge is 0.412 e. The van der Waals surface area contributed by atoms with Crippen LogP contribution in [0.1, 0.15) is 80.0 Å². The fraction of sp³-hybridized carbons (Fsp3) is 0.324. The van der Waals surface area contributed by atoms with Crippen molar-refractivity contribution in [3.05, 3.63) is 127 Å². The average Bonchev–Trinajstić information content (AvgIpc) is 4.06. The minimum Gasteiger partial charge on any atom is -0.412 e. The lowest BCUT2D eigenvalue weighted by molar-refractivity contribution is 0.0636. The second kappa shape index (κ2) is 25.6. The van der Waals surface area contributed by atoms with E-state index in [1.54, 1.807) is 86.0 Å². The van der Waals surface area contributed by atoms with Crippen LogP contribution in [0.2, 0.25) is 0 Å². The summed E-state index contributed by atoms with van der Waals surface area (Å²) in [5, 5.41) is 0.899. The van der Waals surface area contributed by atoms with Crippen LogP contribution in [0.5, 0.6) is 0 Å². The maximum Gasteiger partial charge on any atom is 0.261 e. The highest BCUT2D eigenvalue weighted by atomic mass is 79.9. The summed E-state index contributed by atoms with van der Waals surface area (Å²) in [4.78, 5) is 65.0. The van der Waals surface area contributed by atoms with Gasteiger partial charge >= 0.3 is 0 Å². The van der Waals surface area contributed by atoms with Gasteiger partial charge in [0.25, 0.3) is 23.6 Å². The topological polar surface area (TPSA) is 249 Å². The second-order valence-electron chi connectivity index (χ2n) is 11.6. The van der Waals surface area contributed by atoms with E-state index in [1.165, 1.54) is 9.80 Å². The first kappa shape index (κ1) is 44.8. The second-order valence-corrected chi connectivity index (χ2v) is 12.4. The summed E-state index contributed by atoms with van der Waals surface area (Å²) in [6, 6.07) is 14.0. The van der Waals surface area contributed by atoms with Crippen LogP contribution in [0.25, 0.3) is 0 Å². The smallest absolute Gasteiger partial charge is 0.261 e. The van der Waals surface area contributed by atoms with Crippen LogP contribution in [-0.2, 0) is 13.1 Å². The Morgan fingerprint density at radius 1 is 0.574 bits per heavy atom. The molecular weight excluding hydrogens is 758 g/mol. The van der Waals surface area contributed by atoms with E-state index in [0.717, 1.165) is 63.5 Å². The zero-order valence-corrected chi connectivity index (χ0v) is 31.8. The zero-order chi connectivity index (χ0) is 38.3. The summed E-state index contributed by atoms with van der Waals surface area (Å²) < 4.78 is 4.05. The Bertz CT molecular complexity index is 1700. The number of nitrogens with zero attached hydrogens (tertiary/aromatic N) is 7. The highest BCUT2D eigenvalue weighted by Crippen LogP contribution is 2.23. The number of H-pyrrole nitrogens is 1. The van der Waals surface area contributed by atoms with E-state index in [2.05, 4.69) is 52.1 Å². The molecule has 3 aromatic heterocycles. The fourth-order valence-corrected chi connectivity index (χ4v) is 5.70. The Kier molecular flexibility index (Phi) is 21.3. The fourth-order valence-electron chi connectivity index (χ4n) is 5.31. The summed E-state index contributed by atoms with van der Waals surface area (Å²) in [6.07, 6.45) is 21.8. The number of fused-ring (bicyclic) bond motifs is 2. The van der Waals surface area contributed by atoms with E-state index in [-0.39, 0.29) is 29.1 Å². The lowest BCUT2D eigenvalue weighted by atomic mass is 10.1. The van der Waals surface area contributed by atoms with Crippen LogP contribution in [0.3, 0.4) is 0 Å². The van der Waals surface area contributed by atoms with Gasteiger partial charge in [-0.3, -0.25) is 40.7 Å². The van der Waals surface area contributed by atoms with Crippen molar-refractivity contribution in [3.8, 4) is 0 Å². The lowest BCUT2D eigenvalue weighted by Crippen LogP contribution is -2.30. The van der Waals surface area contributed by atoms with Gasteiger partial charge in [-0.15, -0.1) is 0 Å². The van der Waals surface area contributed by atoms with Crippen molar-refractivity contribution in [1.29, 1.82) is 0 Å². The van der Waals surface area contributed by atoms with E-state index in [0.29, 0.717) is 35.3 Å². The molecule has 290 valence electrons. The molecule has 0 saturated carbocycles. The number of hydrogen-bond donors (Lipinski definition) is 4. The molecule has 2 aliphatic heterocycles. The standard InChI is InChI=1S/C15H15N3O2.C12H12BrNO2.C7H13N3.C3H4N2.H4N2.H2O/c19-14-12-5-1-2-6-13(12)15(20)18(14)9-4-3-8-17-10-7-16-11-17;13-7-3-4-8-14-11(15)9-5-1-2-6-10(9)12(14)16;8-3-1-2-5-10-6-4-9-7-10;1-2-5-3-4-1;1-2;/h1-2,5-7,10-11H,3-4,8-9H2;1-2,5-6H,3-4,7-8H2;4,6-7H,1-3,5,8H2;1-3H,(H,4,5);1-2H2;1H2. The monoisotopic (exact) mass is 807 g/mol. The molecule has 7 rings (SSSR count). The van der Waals surface area contributed by atoms with Crippen molar-refractivity contribution < 1.29 is 24.7 Å². The van der Waals surface area contributed by atoms with Crippen molar-refractivity contribution in [2.24, 2.45) is 17.4 Å². The summed E-state index contributed by atoms with van der Waals surface area (Å²) in [5.74, 6) is 7.34. The first-order valence-corrected chi connectivity index (χ1v) is 18.4. The number of rotatable bonds is 13. The van der Waals surface area contributed by atoms with Gasteiger partial charge in [-0.05, 0) is 69.3 Å². The first-order chi connectivity index (χ1) is 26.0. The number of benzene rings is 2. The van der Waals surface area contributed by atoms with Gasteiger partial charge in [-0.25, -0.2) is 15.0 Å². The third-order valence-corrected chi connectivity index (χ3v) is 8.53. The number of carbonyl (C=O) groups excluding carboxylic acids is 4. The molecule has 0 spiro atoms. The Balaban J connectivity index is 0.000000265. The number of halogens is 1. The van der Waals surface area contributed by atoms with Crippen molar-refractivity contribution in [2.75, 3.05) is 25.0 Å². The molecule has 0 unspecified atom stereocenters. The van der Waals surface area contributed by atoms with E-state index in [4.69, 9.17) is 5.73 Å². The van der Waals surface area contributed by atoms with Crippen LogP contribution in [0.15, 0.2) is 105 Å². The molecule has 0 atom stereocenters. The molecule has 5 aromatic rings. The van der Waals surface area contributed by atoms with Crippen LogP contribution >= 0.6 is 15.9 Å². The molecule has 0 fully saturated rings. The molecule has 2 aromatic carbocycles. The van der Waals surface area contributed by atoms with E-state index in [9.17, 15) is 19.2 Å². The maximum atomic E-state index is 12.1. The van der Waals surface area contributed by atoms with Crippen LogP contribution < -0.4 is 17.4 Å². The molecule has 17 heteroatoms. The predicted octanol–water partition coefficient (Wildman–Crippen LogP) is 3.44. The number of carbonyl (C=O) groups is 4. The van der Waals surface area contributed by atoms with Gasteiger partial charge in [-0.1, -0.05) is 40.2 Å². The SMILES string of the molecule is NCCCCn1ccnc1.NN.O.O=C1c2ccccc2C(=O)N1CCCCBr.O=C1c2ccccc2C(=O)N1CCCCn1ccnc1.c1c[nH]cn1. The van der Waals surface area contributed by atoms with Crippen LogP contribution in [0.4, 0.5) is 0 Å². The molecule has 54 heavy (non-hydrogen) atoms. The molecule has 0 radical (unpaired) electrons. The number of alkyl halides is 1. The molecule has 0 bridgehead atoms. The highest BCUT2D eigenvalue weighted by molar-refractivity contribution is 9.09. The van der Waals surface area contributed by atoms with Gasteiger partial charge in [0.15, 0.2) is 0 Å². The molecule has 4 amide bonds. The Labute approximate surface area is 323 Å². The van der Waals surface area contributed by atoms with Crippen LogP contribution in [-0.4, -0.2) is 92.9 Å². The Morgan fingerprint density at radius 2 is 0.981 bits per heavy atom. The molecule has 2 aliphatic rings. The summed E-state index contributed by atoms with van der Waals surface area (Å²) in [7, 11) is 0. The number of imidazole rings is 3. The number of aromatic amines is 1. The molecule has 0 saturated heterocycles. The lowest BCUT2D eigenvalue weighted by Gasteiger charge is -2.13. The van der Waals surface area contributed by atoms with Gasteiger partial charge < -0.3 is 25.3 Å². The predicted molar refractivity (Wildman–Crippen MR) is 209 cm³/mol. The van der Waals surface area contributed by atoms with Gasteiger partial charge in [0.1, 0.15) is 0 Å². The maximum absolute atomic E-state index is 12.1. The summed E-state index contributed by atoms with van der Waals surface area (Å²) in [6.45, 7) is 3.66. The highest BCUT2D eigenvalue weighted by Gasteiger charge is 2.35. The van der Waals surface area contributed by atoms with Crippen molar-refractivity contribution >= 4 is 39.6 Å². The van der Waals surface area contributed by atoms with Gasteiger partial charge in [0.05, 0.1) is 41.2 Å². The summed E-state index contributed by atoms with van der Waals surface area (Å²) >= 11 is 3.33. The average molecular weight is 809 g/mol. The third-order valence-electron chi connectivity index (χ3n) is 7.96. The van der Waals surface area contributed by atoms with E-state index in [1.807, 2.05) is 23.3 Å². The minimum absolute atomic E-state index is 0. The molecule has 16 nitrogen and oxygen atoms in total. The number of aryl methyl sites for hydroxylation is 2. The molecule has 9 N–H and O–H groups in total. The third kappa shape index (κ3) is 13.6. The quantitative estimate of drug-likeness (QED) is 0.0444. The first-order valence-electron chi connectivity index (χ1n) is 17.3. The van der Waals surface area contributed by atoms with E-state index < -0.39 is 0 Å². The number of imide groups is 2. The number of hydrazine groups is 1. The van der Waals surface area contributed by atoms with Crippen molar-refractivity contribution in [3.63, 3.8) is 0 Å². The van der Waals surface area contributed by atoms with Gasteiger partial charge in [0, 0.05) is 68.7 Å². The molecular formula is C37H50BrN11O5. The minimum atomic E-state index is -0.173. The molecule has 0 aliphatic carbocycles. The van der Waals surface area contributed by atoms with Gasteiger partial charge in [-0.2, -0.15) is 0 Å². The number of unbranched alkanes of at least 4 members (excludes halogenated alkanes) is 3. The van der Waals surface area contributed by atoms with Crippen LogP contribution in [0, 0.1) is 0 Å². The number of amides is 4. The Hall–Kier alpha value is -5.33. The zero-order valence-electron chi connectivity index (χ0n) is 30.2. The van der Waals surface area contributed by atoms with Gasteiger partial charge in [0.2, 0.25) is 0 Å². The van der Waals surface area contributed by atoms with E-state index >= 15 is 0 Å². The van der Waals surface area contributed by atoms with Crippen molar-refractivity contribution in [1.82, 2.24) is 38.9 Å². The summed E-state index contributed by atoms with van der Waals surface area (Å²) in [5.41, 5.74) is 7.45. The normalized spacial score (nSPS) is 12.1.